The SMILES string of the molecule is O=C(C[N+]12CCC(CC1)[C@@H](OC(=O)N(Cc1cc(F)c(F)c(F)c1)c1cccc(F)c1)C2)c1ccc(F)cc1.[Br-]. The lowest BCUT2D eigenvalue weighted by molar-refractivity contribution is -0.938. The van der Waals surface area contributed by atoms with Gasteiger partial charge in [-0.2, -0.15) is 0 Å². The van der Waals surface area contributed by atoms with E-state index in [9.17, 15) is 31.5 Å². The number of benzene rings is 3. The van der Waals surface area contributed by atoms with Crippen LogP contribution in [0.3, 0.4) is 0 Å². The van der Waals surface area contributed by atoms with Crippen LogP contribution in [0.15, 0.2) is 60.7 Å². The lowest BCUT2D eigenvalue weighted by atomic mass is 9.83. The highest BCUT2D eigenvalue weighted by molar-refractivity contribution is 5.97. The highest BCUT2D eigenvalue weighted by Gasteiger charge is 2.49. The minimum absolute atomic E-state index is 0. The molecule has 0 radical (unpaired) electrons. The molecule has 0 unspecified atom stereocenters. The Balaban J connectivity index is 0.00000370. The van der Waals surface area contributed by atoms with Gasteiger partial charge in [0.2, 0.25) is 5.78 Å². The van der Waals surface area contributed by atoms with Gasteiger partial charge in [-0.15, -0.1) is 0 Å². The largest absolute Gasteiger partial charge is 1.00 e. The molecule has 2 bridgehead atoms. The van der Waals surface area contributed by atoms with Gasteiger partial charge in [0, 0.05) is 24.3 Å². The summed E-state index contributed by atoms with van der Waals surface area (Å²) in [6, 6.07) is 12.0. The molecule has 3 aromatic rings. The average molecular weight is 625 g/mol. The molecule has 40 heavy (non-hydrogen) atoms. The maximum Gasteiger partial charge on any atom is 0.415 e. The van der Waals surface area contributed by atoms with Crippen molar-refractivity contribution < 1.29 is 57.7 Å². The Morgan fingerprint density at radius 3 is 2.15 bits per heavy atom. The number of Topliss-reactive ketones (excluding diaryl/α,β-unsaturated/α-hetero) is 1. The van der Waals surface area contributed by atoms with Crippen molar-refractivity contribution in [3.05, 3.63) is 101 Å². The number of piperidine rings is 3. The molecule has 5 nitrogen and oxygen atoms in total. The van der Waals surface area contributed by atoms with E-state index in [0.717, 1.165) is 49.0 Å². The summed E-state index contributed by atoms with van der Waals surface area (Å²) >= 11 is 0. The molecule has 6 rings (SSSR count). The summed E-state index contributed by atoms with van der Waals surface area (Å²) in [4.78, 5) is 27.4. The number of ketones is 1. The van der Waals surface area contributed by atoms with Gasteiger partial charge in [0.05, 0.1) is 25.3 Å². The molecule has 11 heteroatoms. The number of hydrogen-bond donors (Lipinski definition) is 0. The third kappa shape index (κ3) is 6.36. The Hall–Kier alpha value is -3.31. The van der Waals surface area contributed by atoms with Crippen molar-refractivity contribution in [3.8, 4) is 0 Å². The molecule has 3 aromatic carbocycles. The molecule has 3 aliphatic heterocycles. The van der Waals surface area contributed by atoms with Crippen molar-refractivity contribution >= 4 is 17.6 Å². The van der Waals surface area contributed by atoms with Crippen LogP contribution in [0, 0.1) is 35.0 Å². The van der Waals surface area contributed by atoms with Crippen LogP contribution in [-0.4, -0.2) is 48.6 Å². The van der Waals surface area contributed by atoms with Gasteiger partial charge < -0.3 is 26.2 Å². The second-order valence-electron chi connectivity index (χ2n) is 10.3. The topological polar surface area (TPSA) is 46.6 Å². The highest BCUT2D eigenvalue weighted by Crippen LogP contribution is 2.36. The zero-order chi connectivity index (χ0) is 27.7. The monoisotopic (exact) mass is 624 g/mol. The molecular formula is C29H26BrF5N2O3. The number of ether oxygens (including phenoxy) is 1. The van der Waals surface area contributed by atoms with E-state index in [2.05, 4.69) is 0 Å². The standard InChI is InChI=1S/C29H26F5N2O3.BrH/c30-21-6-4-19(5-7-21)26(37)16-36-10-8-20(9-11-36)27(17-36)39-29(38)35(23-3-1-2-22(31)14-23)15-18-12-24(32)28(34)25(33)13-18;/h1-7,12-14,20,27H,8-11,15-17H2;1H/q+1;/p-1/t20?,27-,36?;/m0./s1. The molecule has 212 valence electrons. The van der Waals surface area contributed by atoms with E-state index < -0.39 is 47.8 Å². The van der Waals surface area contributed by atoms with Gasteiger partial charge in [0.1, 0.15) is 24.7 Å². The number of carbonyl (C=O) groups excluding carboxylic acids is 2. The van der Waals surface area contributed by atoms with E-state index >= 15 is 0 Å². The van der Waals surface area contributed by atoms with E-state index in [1.807, 2.05) is 0 Å². The van der Waals surface area contributed by atoms with Crippen molar-refractivity contribution in [2.24, 2.45) is 5.92 Å². The quantitative estimate of drug-likeness (QED) is 0.176. The van der Waals surface area contributed by atoms with Crippen molar-refractivity contribution in [1.29, 1.82) is 0 Å². The maximum absolute atomic E-state index is 14.0. The average Bonchev–Trinajstić information content (AvgIpc) is 2.91. The number of halogens is 6. The second kappa shape index (κ2) is 12.1. The van der Waals surface area contributed by atoms with Crippen molar-refractivity contribution in [2.45, 2.75) is 25.5 Å². The van der Waals surface area contributed by atoms with Gasteiger partial charge in [-0.1, -0.05) is 6.07 Å². The van der Waals surface area contributed by atoms with Crippen LogP contribution >= 0.6 is 0 Å². The van der Waals surface area contributed by atoms with E-state index in [-0.39, 0.29) is 46.5 Å². The molecular weight excluding hydrogens is 599 g/mol. The summed E-state index contributed by atoms with van der Waals surface area (Å²) in [7, 11) is 0. The summed E-state index contributed by atoms with van der Waals surface area (Å²) in [5, 5.41) is 0. The summed E-state index contributed by atoms with van der Waals surface area (Å²) in [6.45, 7) is 1.63. The predicted molar refractivity (Wildman–Crippen MR) is 132 cm³/mol. The molecule has 0 aliphatic carbocycles. The summed E-state index contributed by atoms with van der Waals surface area (Å²) in [5.41, 5.74) is 0.456. The lowest BCUT2D eigenvalue weighted by Gasteiger charge is -2.51. The first-order chi connectivity index (χ1) is 18.6. The molecule has 0 spiro atoms. The molecule has 1 amide bonds. The van der Waals surface area contributed by atoms with Crippen LogP contribution in [-0.2, 0) is 11.3 Å². The van der Waals surface area contributed by atoms with E-state index in [1.165, 1.54) is 42.5 Å². The summed E-state index contributed by atoms with van der Waals surface area (Å²) in [6.07, 6.45) is 0.0534. The zero-order valence-electron chi connectivity index (χ0n) is 21.3. The van der Waals surface area contributed by atoms with E-state index in [0.29, 0.717) is 16.6 Å². The Labute approximate surface area is 238 Å². The molecule has 0 saturated carbocycles. The zero-order valence-corrected chi connectivity index (χ0v) is 22.9. The van der Waals surface area contributed by atoms with Gasteiger partial charge in [-0.05, 0) is 60.2 Å². The van der Waals surface area contributed by atoms with Crippen molar-refractivity contribution in [3.63, 3.8) is 0 Å². The van der Waals surface area contributed by atoms with Crippen LogP contribution in [0.1, 0.15) is 28.8 Å². The van der Waals surface area contributed by atoms with Crippen molar-refractivity contribution in [2.75, 3.05) is 31.1 Å². The predicted octanol–water partition coefficient (Wildman–Crippen LogP) is 3.02. The molecule has 1 atom stereocenters. The van der Waals surface area contributed by atoms with E-state index in [4.69, 9.17) is 4.74 Å². The number of hydrogen-bond acceptors (Lipinski definition) is 3. The van der Waals surface area contributed by atoms with Crippen LogP contribution in [0.5, 0.6) is 0 Å². The maximum atomic E-state index is 14.0. The number of amides is 1. The van der Waals surface area contributed by atoms with Crippen molar-refractivity contribution in [1.82, 2.24) is 0 Å². The molecule has 3 saturated heterocycles. The first kappa shape index (κ1) is 29.7. The molecule has 0 N–H and O–H groups in total. The van der Waals surface area contributed by atoms with Gasteiger partial charge >= 0.3 is 6.09 Å². The fourth-order valence-electron chi connectivity index (χ4n) is 5.59. The molecule has 3 heterocycles. The number of carbonyl (C=O) groups is 2. The Kier molecular flexibility index (Phi) is 8.94. The number of nitrogens with zero attached hydrogens (tertiary/aromatic N) is 2. The summed E-state index contributed by atoms with van der Waals surface area (Å²) < 4.78 is 74.8. The fraction of sp³-hybridized carbons (Fsp3) is 0.310. The van der Waals surface area contributed by atoms with Gasteiger partial charge in [0.25, 0.3) is 0 Å². The first-order valence-electron chi connectivity index (χ1n) is 12.6. The van der Waals surface area contributed by atoms with Gasteiger partial charge in [0.15, 0.2) is 23.6 Å². The fourth-order valence-corrected chi connectivity index (χ4v) is 5.59. The Morgan fingerprint density at radius 1 is 0.875 bits per heavy atom. The van der Waals surface area contributed by atoms with Gasteiger partial charge in [-0.25, -0.2) is 26.7 Å². The van der Waals surface area contributed by atoms with Crippen LogP contribution in [0.4, 0.5) is 32.4 Å². The minimum atomic E-state index is -1.63. The normalized spacial score (nSPS) is 21.4. The van der Waals surface area contributed by atoms with Crippen LogP contribution < -0.4 is 21.9 Å². The number of fused-ring (bicyclic) bond motifs is 3. The molecule has 3 aliphatic rings. The van der Waals surface area contributed by atoms with Gasteiger partial charge in [-0.3, -0.25) is 9.69 Å². The molecule has 3 fully saturated rings. The third-order valence-electron chi connectivity index (χ3n) is 7.66. The number of quaternary nitrogens is 1. The lowest BCUT2D eigenvalue weighted by Crippen LogP contribution is -3.00. The van der Waals surface area contributed by atoms with E-state index in [1.54, 1.807) is 0 Å². The second-order valence-corrected chi connectivity index (χ2v) is 10.3. The smallest absolute Gasteiger partial charge is 0.415 e. The van der Waals surface area contributed by atoms with Crippen LogP contribution in [0.25, 0.3) is 0 Å². The first-order valence-corrected chi connectivity index (χ1v) is 12.6. The Morgan fingerprint density at radius 2 is 1.52 bits per heavy atom. The third-order valence-corrected chi connectivity index (χ3v) is 7.66. The number of anilines is 1. The van der Waals surface area contributed by atoms with Crippen LogP contribution in [0.2, 0.25) is 0 Å². The highest BCUT2D eigenvalue weighted by atomic mass is 79.9. The Bertz CT molecular complexity index is 1370. The number of rotatable bonds is 7. The summed E-state index contributed by atoms with van der Waals surface area (Å²) in [5.74, 6) is -5.59. The molecule has 0 aromatic heterocycles. The minimum Gasteiger partial charge on any atom is -1.00 e.